The van der Waals surface area contributed by atoms with E-state index >= 15 is 0 Å². The first-order valence-electron chi connectivity index (χ1n) is 7.50. The number of hydrogen-bond donors (Lipinski definition) is 1. The van der Waals surface area contributed by atoms with Crippen LogP contribution in [0.2, 0.25) is 5.02 Å². The van der Waals surface area contributed by atoms with Gasteiger partial charge in [0.1, 0.15) is 5.75 Å². The van der Waals surface area contributed by atoms with Crippen molar-refractivity contribution in [3.8, 4) is 5.75 Å². The van der Waals surface area contributed by atoms with Crippen molar-refractivity contribution in [2.24, 2.45) is 0 Å². The lowest BCUT2D eigenvalue weighted by Gasteiger charge is -2.18. The van der Waals surface area contributed by atoms with E-state index in [4.69, 9.17) is 16.3 Å². The second kappa shape index (κ2) is 9.06. The second-order valence-electron chi connectivity index (χ2n) is 5.53. The highest BCUT2D eigenvalue weighted by Crippen LogP contribution is 2.23. The minimum atomic E-state index is -0.0265. The summed E-state index contributed by atoms with van der Waals surface area (Å²) in [6.07, 6.45) is 0. The Kier molecular flexibility index (Phi) is 7.09. The number of likely N-dealkylation sites (N-methyl/N-ethyl adjacent to an activating group) is 1. The van der Waals surface area contributed by atoms with Gasteiger partial charge in [-0.05, 0) is 42.9 Å². The van der Waals surface area contributed by atoms with Crippen LogP contribution in [0.4, 0.5) is 0 Å². The molecule has 2 aromatic carbocycles. The first-order valence-corrected chi connectivity index (χ1v) is 8.67. The van der Waals surface area contributed by atoms with E-state index < -0.39 is 0 Å². The molecule has 2 aromatic rings. The molecule has 0 unspecified atom stereocenters. The van der Waals surface area contributed by atoms with Gasteiger partial charge in [-0.2, -0.15) is 0 Å². The van der Waals surface area contributed by atoms with E-state index in [9.17, 15) is 4.79 Å². The predicted octanol–water partition coefficient (Wildman–Crippen LogP) is 3.86. The Morgan fingerprint density at radius 3 is 2.62 bits per heavy atom. The van der Waals surface area contributed by atoms with Gasteiger partial charge in [0.05, 0.1) is 13.7 Å². The number of benzene rings is 2. The Bertz CT molecular complexity index is 692. The third kappa shape index (κ3) is 5.82. The van der Waals surface area contributed by atoms with E-state index in [-0.39, 0.29) is 5.91 Å². The van der Waals surface area contributed by atoms with E-state index in [1.807, 2.05) is 54.4 Å². The Morgan fingerprint density at radius 1 is 1.25 bits per heavy atom. The molecule has 0 radical (unpaired) electrons. The number of carbonyl (C=O) groups excluding carboxylic acids is 1. The van der Waals surface area contributed by atoms with Crippen LogP contribution in [0.25, 0.3) is 0 Å². The number of halogens is 2. The molecule has 0 spiro atoms. The Morgan fingerprint density at radius 2 is 1.96 bits per heavy atom. The molecule has 0 aliphatic carbocycles. The second-order valence-corrected chi connectivity index (χ2v) is 6.88. The summed E-state index contributed by atoms with van der Waals surface area (Å²) in [5.74, 6) is 0.785. The molecule has 0 atom stereocenters. The fourth-order valence-electron chi connectivity index (χ4n) is 2.32. The van der Waals surface area contributed by atoms with Gasteiger partial charge in [-0.15, -0.1) is 0 Å². The van der Waals surface area contributed by atoms with Gasteiger partial charge >= 0.3 is 0 Å². The molecule has 6 heteroatoms. The summed E-state index contributed by atoms with van der Waals surface area (Å²) in [6.45, 7) is 1.42. The maximum absolute atomic E-state index is 12.1. The Balaban J connectivity index is 1.85. The number of nitrogens with one attached hydrogen (secondary N) is 1. The molecule has 1 N–H and O–H groups in total. The van der Waals surface area contributed by atoms with Crippen molar-refractivity contribution in [3.05, 3.63) is 63.1 Å². The third-order valence-corrected chi connectivity index (χ3v) is 4.24. The molecule has 0 aliphatic heterocycles. The fraction of sp³-hybridized carbons (Fsp3) is 0.278. The summed E-state index contributed by atoms with van der Waals surface area (Å²) in [5, 5.41) is 3.60. The lowest BCUT2D eigenvalue weighted by atomic mass is 10.2. The quantitative estimate of drug-likeness (QED) is 0.752. The molecular formula is C18H20BrClN2O2. The highest BCUT2D eigenvalue weighted by molar-refractivity contribution is 9.10. The first kappa shape index (κ1) is 18.8. The summed E-state index contributed by atoms with van der Waals surface area (Å²) in [5.41, 5.74) is 2.05. The molecule has 0 bridgehead atoms. The van der Waals surface area contributed by atoms with Crippen LogP contribution in [0.3, 0.4) is 0 Å². The largest absolute Gasteiger partial charge is 0.496 e. The van der Waals surface area contributed by atoms with Crippen molar-refractivity contribution in [3.63, 3.8) is 0 Å². The Hall–Kier alpha value is -1.56. The molecule has 2 rings (SSSR count). The maximum atomic E-state index is 12.1. The van der Waals surface area contributed by atoms with Gasteiger partial charge in [0.25, 0.3) is 0 Å². The average molecular weight is 412 g/mol. The summed E-state index contributed by atoms with van der Waals surface area (Å²) in [7, 11) is 3.55. The van der Waals surface area contributed by atoms with Crippen molar-refractivity contribution in [1.29, 1.82) is 0 Å². The van der Waals surface area contributed by atoms with Crippen LogP contribution in [0.1, 0.15) is 11.1 Å². The highest BCUT2D eigenvalue weighted by Gasteiger charge is 2.10. The molecule has 0 aliphatic rings. The van der Waals surface area contributed by atoms with E-state index in [2.05, 4.69) is 21.2 Å². The van der Waals surface area contributed by atoms with E-state index in [0.29, 0.717) is 24.7 Å². The lowest BCUT2D eigenvalue weighted by Crippen LogP contribution is -2.34. The molecule has 0 heterocycles. The summed E-state index contributed by atoms with van der Waals surface area (Å²) in [4.78, 5) is 14.0. The van der Waals surface area contributed by atoms with Crippen molar-refractivity contribution in [1.82, 2.24) is 10.2 Å². The first-order chi connectivity index (χ1) is 11.5. The molecule has 0 saturated heterocycles. The predicted molar refractivity (Wildman–Crippen MR) is 100 cm³/mol. The van der Waals surface area contributed by atoms with E-state index in [1.165, 1.54) is 0 Å². The number of nitrogens with zero attached hydrogens (tertiary/aromatic N) is 1. The van der Waals surface area contributed by atoms with E-state index in [0.717, 1.165) is 21.3 Å². The molecule has 0 fully saturated rings. The average Bonchev–Trinajstić information content (AvgIpc) is 2.54. The topological polar surface area (TPSA) is 41.6 Å². The van der Waals surface area contributed by atoms with E-state index in [1.54, 1.807) is 7.11 Å². The van der Waals surface area contributed by atoms with Crippen molar-refractivity contribution < 1.29 is 9.53 Å². The van der Waals surface area contributed by atoms with Crippen LogP contribution in [-0.4, -0.2) is 31.5 Å². The zero-order valence-corrected chi connectivity index (χ0v) is 16.0. The number of rotatable bonds is 7. The molecular weight excluding hydrogens is 392 g/mol. The molecule has 128 valence electrons. The van der Waals surface area contributed by atoms with Gasteiger partial charge in [-0.25, -0.2) is 0 Å². The zero-order chi connectivity index (χ0) is 17.5. The minimum absolute atomic E-state index is 0.0265. The number of amides is 1. The van der Waals surface area contributed by atoms with Gasteiger partial charge < -0.3 is 10.1 Å². The Labute approximate surface area is 155 Å². The van der Waals surface area contributed by atoms with Crippen LogP contribution in [-0.2, 0) is 17.9 Å². The maximum Gasteiger partial charge on any atom is 0.234 e. The standard InChI is InChI=1S/C18H20BrClN2O2/c1-22(11-14-9-15(19)5-8-17(14)24-2)12-18(23)21-10-13-3-6-16(20)7-4-13/h3-9H,10-12H2,1-2H3,(H,21,23). The third-order valence-electron chi connectivity index (χ3n) is 3.50. The van der Waals surface area contributed by atoms with Gasteiger partial charge in [0.2, 0.25) is 5.91 Å². The van der Waals surface area contributed by atoms with Crippen LogP contribution < -0.4 is 10.1 Å². The van der Waals surface area contributed by atoms with Crippen molar-refractivity contribution >= 4 is 33.4 Å². The smallest absolute Gasteiger partial charge is 0.234 e. The molecule has 0 aromatic heterocycles. The van der Waals surface area contributed by atoms with Crippen LogP contribution in [0.5, 0.6) is 5.75 Å². The summed E-state index contributed by atoms with van der Waals surface area (Å²) in [6, 6.07) is 13.3. The van der Waals surface area contributed by atoms with Crippen LogP contribution in [0.15, 0.2) is 46.9 Å². The van der Waals surface area contributed by atoms with Crippen molar-refractivity contribution in [2.45, 2.75) is 13.1 Å². The minimum Gasteiger partial charge on any atom is -0.496 e. The molecule has 4 nitrogen and oxygen atoms in total. The highest BCUT2D eigenvalue weighted by atomic mass is 79.9. The fourth-order valence-corrected chi connectivity index (χ4v) is 2.86. The molecule has 1 amide bonds. The number of methoxy groups -OCH3 is 1. The van der Waals surface area contributed by atoms with Gasteiger partial charge in [0, 0.05) is 28.1 Å². The number of carbonyl (C=O) groups is 1. The zero-order valence-electron chi connectivity index (χ0n) is 13.7. The lowest BCUT2D eigenvalue weighted by molar-refractivity contribution is -0.122. The van der Waals surface area contributed by atoms with Crippen molar-refractivity contribution in [2.75, 3.05) is 20.7 Å². The number of ether oxygens (including phenoxy) is 1. The van der Waals surface area contributed by atoms with Crippen LogP contribution >= 0.6 is 27.5 Å². The van der Waals surface area contributed by atoms with Gasteiger partial charge in [0.15, 0.2) is 0 Å². The van der Waals surface area contributed by atoms with Gasteiger partial charge in [-0.3, -0.25) is 9.69 Å². The summed E-state index contributed by atoms with van der Waals surface area (Å²) >= 11 is 9.31. The SMILES string of the molecule is COc1ccc(Br)cc1CN(C)CC(=O)NCc1ccc(Cl)cc1. The number of hydrogen-bond acceptors (Lipinski definition) is 3. The van der Waals surface area contributed by atoms with Gasteiger partial charge in [-0.1, -0.05) is 39.7 Å². The van der Waals surface area contributed by atoms with Crippen LogP contribution in [0, 0.1) is 0 Å². The monoisotopic (exact) mass is 410 g/mol. The molecule has 24 heavy (non-hydrogen) atoms. The summed E-state index contributed by atoms with van der Waals surface area (Å²) < 4.78 is 6.35. The normalized spacial score (nSPS) is 10.7. The molecule has 0 saturated carbocycles.